The summed E-state index contributed by atoms with van der Waals surface area (Å²) in [6, 6.07) is 9.40. The molecule has 0 saturated carbocycles. The SMILES string of the molecule is CCCCn1c(=O)n(Cc2ccccc2)c(=O)c2c(N)[nH]nc21. The number of aromatic amines is 1. The second kappa shape index (κ2) is 6.12. The molecule has 0 aliphatic carbocycles. The Hall–Kier alpha value is -2.83. The van der Waals surface area contributed by atoms with Crippen molar-refractivity contribution in [1.29, 1.82) is 0 Å². The average molecular weight is 313 g/mol. The van der Waals surface area contributed by atoms with Crippen molar-refractivity contribution in [2.24, 2.45) is 0 Å². The van der Waals surface area contributed by atoms with Gasteiger partial charge >= 0.3 is 5.69 Å². The topological polar surface area (TPSA) is 98.7 Å². The Balaban J connectivity index is 2.22. The van der Waals surface area contributed by atoms with Crippen LogP contribution in [0.4, 0.5) is 5.82 Å². The maximum Gasteiger partial charge on any atom is 0.333 e. The molecule has 23 heavy (non-hydrogen) atoms. The van der Waals surface area contributed by atoms with E-state index in [1.54, 1.807) is 0 Å². The number of benzene rings is 1. The summed E-state index contributed by atoms with van der Waals surface area (Å²) >= 11 is 0. The van der Waals surface area contributed by atoms with E-state index in [9.17, 15) is 9.59 Å². The number of fused-ring (bicyclic) bond motifs is 1. The van der Waals surface area contributed by atoms with Crippen molar-refractivity contribution < 1.29 is 0 Å². The molecule has 0 bridgehead atoms. The van der Waals surface area contributed by atoms with E-state index < -0.39 is 5.56 Å². The van der Waals surface area contributed by atoms with Crippen molar-refractivity contribution in [2.45, 2.75) is 32.9 Å². The Labute approximate surface area is 132 Å². The number of hydrogen-bond acceptors (Lipinski definition) is 4. The third-order valence-electron chi connectivity index (χ3n) is 3.87. The van der Waals surface area contributed by atoms with Gasteiger partial charge in [-0.25, -0.2) is 4.79 Å². The Morgan fingerprint density at radius 2 is 1.91 bits per heavy atom. The molecule has 0 aliphatic heterocycles. The zero-order chi connectivity index (χ0) is 16.4. The number of nitrogen functional groups attached to an aromatic ring is 1. The van der Waals surface area contributed by atoms with Gasteiger partial charge in [0.05, 0.1) is 6.54 Å². The molecular formula is C16H19N5O2. The highest BCUT2D eigenvalue weighted by molar-refractivity contribution is 5.85. The highest BCUT2D eigenvalue weighted by Gasteiger charge is 2.17. The fourth-order valence-electron chi connectivity index (χ4n) is 2.63. The Morgan fingerprint density at radius 3 is 2.61 bits per heavy atom. The van der Waals surface area contributed by atoms with Gasteiger partial charge in [0.25, 0.3) is 5.56 Å². The number of nitrogens with zero attached hydrogens (tertiary/aromatic N) is 3. The molecule has 0 fully saturated rings. The van der Waals surface area contributed by atoms with E-state index in [-0.39, 0.29) is 23.4 Å². The van der Waals surface area contributed by atoms with Crippen molar-refractivity contribution in [1.82, 2.24) is 19.3 Å². The van der Waals surface area contributed by atoms with Crippen molar-refractivity contribution in [3.8, 4) is 0 Å². The van der Waals surface area contributed by atoms with Crippen LogP contribution in [0.1, 0.15) is 25.3 Å². The lowest BCUT2D eigenvalue weighted by molar-refractivity contribution is 0.569. The summed E-state index contributed by atoms with van der Waals surface area (Å²) in [5, 5.41) is 6.92. The molecule has 0 saturated heterocycles. The molecule has 7 heteroatoms. The van der Waals surface area contributed by atoms with E-state index in [0.717, 1.165) is 18.4 Å². The second-order valence-corrected chi connectivity index (χ2v) is 5.50. The Bertz CT molecular complexity index is 937. The van der Waals surface area contributed by atoms with Crippen LogP contribution in [0.3, 0.4) is 0 Å². The predicted molar refractivity (Wildman–Crippen MR) is 89.5 cm³/mol. The first-order valence-corrected chi connectivity index (χ1v) is 7.64. The van der Waals surface area contributed by atoms with Gasteiger partial charge in [0, 0.05) is 6.54 Å². The first-order valence-electron chi connectivity index (χ1n) is 7.64. The van der Waals surface area contributed by atoms with Crippen LogP contribution in [-0.2, 0) is 13.1 Å². The van der Waals surface area contributed by atoms with Crippen LogP contribution < -0.4 is 17.0 Å². The quantitative estimate of drug-likeness (QED) is 0.742. The van der Waals surface area contributed by atoms with Gasteiger partial charge in [-0.15, -0.1) is 0 Å². The summed E-state index contributed by atoms with van der Waals surface area (Å²) in [4.78, 5) is 25.4. The van der Waals surface area contributed by atoms with Gasteiger partial charge in [0.15, 0.2) is 5.65 Å². The number of nitrogens with one attached hydrogen (secondary N) is 1. The Kier molecular flexibility index (Phi) is 4.01. The first kappa shape index (κ1) is 15.1. The number of unbranched alkanes of at least 4 members (excludes halogenated alkanes) is 1. The maximum absolute atomic E-state index is 12.8. The van der Waals surface area contributed by atoms with Crippen molar-refractivity contribution in [3.05, 3.63) is 56.7 Å². The molecule has 3 N–H and O–H groups in total. The molecular weight excluding hydrogens is 294 g/mol. The molecule has 7 nitrogen and oxygen atoms in total. The van der Waals surface area contributed by atoms with Gasteiger partial charge in [-0.05, 0) is 12.0 Å². The number of aromatic nitrogens is 4. The Morgan fingerprint density at radius 1 is 1.17 bits per heavy atom. The zero-order valence-electron chi connectivity index (χ0n) is 13.0. The highest BCUT2D eigenvalue weighted by atomic mass is 16.2. The molecule has 3 aromatic rings. The van der Waals surface area contributed by atoms with Crippen molar-refractivity contribution >= 4 is 16.9 Å². The molecule has 120 valence electrons. The van der Waals surface area contributed by atoms with Crippen LogP contribution in [-0.4, -0.2) is 19.3 Å². The second-order valence-electron chi connectivity index (χ2n) is 5.50. The molecule has 3 rings (SSSR count). The molecule has 0 aliphatic rings. The lowest BCUT2D eigenvalue weighted by Crippen LogP contribution is -2.40. The minimum Gasteiger partial charge on any atom is -0.383 e. The maximum atomic E-state index is 12.8. The monoisotopic (exact) mass is 313 g/mol. The van der Waals surface area contributed by atoms with E-state index in [0.29, 0.717) is 12.2 Å². The van der Waals surface area contributed by atoms with E-state index in [2.05, 4.69) is 10.2 Å². The number of H-pyrrole nitrogens is 1. The van der Waals surface area contributed by atoms with E-state index >= 15 is 0 Å². The summed E-state index contributed by atoms with van der Waals surface area (Å²) in [5.74, 6) is 0.192. The van der Waals surface area contributed by atoms with Crippen molar-refractivity contribution in [3.63, 3.8) is 0 Å². The van der Waals surface area contributed by atoms with Crippen molar-refractivity contribution in [2.75, 3.05) is 5.73 Å². The minimum absolute atomic E-state index is 0.192. The van der Waals surface area contributed by atoms with Gasteiger partial charge in [-0.2, -0.15) is 5.10 Å². The molecule has 1 aromatic carbocycles. The van der Waals surface area contributed by atoms with E-state index in [4.69, 9.17) is 5.73 Å². The normalized spacial score (nSPS) is 11.2. The molecule has 0 radical (unpaired) electrons. The van der Waals surface area contributed by atoms with Gasteiger partial charge < -0.3 is 5.73 Å². The summed E-state index contributed by atoms with van der Waals surface area (Å²) < 4.78 is 2.75. The molecule has 2 aromatic heterocycles. The molecule has 2 heterocycles. The van der Waals surface area contributed by atoms with Gasteiger partial charge in [0.1, 0.15) is 11.2 Å². The van der Waals surface area contributed by atoms with Gasteiger partial charge in [-0.1, -0.05) is 43.7 Å². The summed E-state index contributed by atoms with van der Waals surface area (Å²) in [7, 11) is 0. The third-order valence-corrected chi connectivity index (χ3v) is 3.87. The number of anilines is 1. The highest BCUT2D eigenvalue weighted by Crippen LogP contribution is 2.12. The predicted octanol–water partition coefficient (Wildman–Crippen LogP) is 1.32. The third kappa shape index (κ3) is 2.65. The molecule has 0 spiro atoms. The first-order chi connectivity index (χ1) is 11.1. The lowest BCUT2D eigenvalue weighted by Gasteiger charge is -2.11. The van der Waals surface area contributed by atoms with Crippen LogP contribution in [0.15, 0.2) is 39.9 Å². The summed E-state index contributed by atoms with van der Waals surface area (Å²) in [6.45, 7) is 2.76. The number of rotatable bonds is 5. The van der Waals surface area contributed by atoms with E-state index in [1.165, 1.54) is 9.13 Å². The van der Waals surface area contributed by atoms with E-state index in [1.807, 2.05) is 37.3 Å². The van der Waals surface area contributed by atoms with Crippen LogP contribution in [0.5, 0.6) is 0 Å². The largest absolute Gasteiger partial charge is 0.383 e. The lowest BCUT2D eigenvalue weighted by atomic mass is 10.2. The van der Waals surface area contributed by atoms with Crippen LogP contribution in [0.2, 0.25) is 0 Å². The average Bonchev–Trinajstić information content (AvgIpc) is 2.94. The molecule has 0 atom stereocenters. The molecule has 0 amide bonds. The van der Waals surface area contributed by atoms with Crippen LogP contribution in [0.25, 0.3) is 11.0 Å². The fourth-order valence-corrected chi connectivity index (χ4v) is 2.63. The van der Waals surface area contributed by atoms with Crippen LogP contribution in [0, 0.1) is 0 Å². The zero-order valence-corrected chi connectivity index (χ0v) is 13.0. The number of aryl methyl sites for hydroxylation is 1. The minimum atomic E-state index is -0.409. The van der Waals surface area contributed by atoms with Gasteiger partial charge in [0.2, 0.25) is 0 Å². The fraction of sp³-hybridized carbons (Fsp3) is 0.312. The number of hydrogen-bond donors (Lipinski definition) is 2. The summed E-state index contributed by atoms with van der Waals surface area (Å²) in [5.41, 5.74) is 6.29. The smallest absolute Gasteiger partial charge is 0.333 e. The summed E-state index contributed by atoms with van der Waals surface area (Å²) in [6.07, 6.45) is 1.76. The molecule has 0 unspecified atom stereocenters. The van der Waals surface area contributed by atoms with Crippen LogP contribution >= 0.6 is 0 Å². The standard InChI is InChI=1S/C16H19N5O2/c1-2-3-9-20-14-12(13(17)18-19-14)15(22)21(16(20)23)10-11-7-5-4-6-8-11/h4-8H,2-3,9-10H2,1H3,(H3,17,18,19). The van der Waals surface area contributed by atoms with Gasteiger partial charge in [-0.3, -0.25) is 19.0 Å². The number of nitrogens with two attached hydrogens (primary N) is 1.